The first-order valence-electron chi connectivity index (χ1n) is 5.98. The van der Waals surface area contributed by atoms with Crippen LogP contribution in [-0.4, -0.2) is 46.0 Å². The first kappa shape index (κ1) is 15.1. The minimum Gasteiger partial charge on any atom is -0.478 e. The van der Waals surface area contributed by atoms with Crippen LogP contribution in [0.2, 0.25) is 0 Å². The highest BCUT2D eigenvalue weighted by atomic mass is 32.2. The number of hydrogen-bond donors (Lipinski definition) is 2. The third kappa shape index (κ3) is 2.93. The average molecular weight is 310 g/mol. The van der Waals surface area contributed by atoms with Crippen LogP contribution in [0.4, 0.5) is 0 Å². The Morgan fingerprint density at radius 1 is 1.43 bits per heavy atom. The fourth-order valence-electron chi connectivity index (χ4n) is 1.80. The number of rotatable bonds is 5. The van der Waals surface area contributed by atoms with Gasteiger partial charge in [0.25, 0.3) is 10.0 Å². The number of sulfonamides is 1. The van der Waals surface area contributed by atoms with Gasteiger partial charge in [-0.05, 0) is 19.1 Å². The third-order valence-corrected chi connectivity index (χ3v) is 4.63. The van der Waals surface area contributed by atoms with Crippen molar-refractivity contribution in [3.8, 4) is 0 Å². The van der Waals surface area contributed by atoms with Crippen molar-refractivity contribution >= 4 is 16.0 Å². The van der Waals surface area contributed by atoms with Gasteiger partial charge in [-0.15, -0.1) is 0 Å². The Morgan fingerprint density at radius 3 is 2.71 bits per heavy atom. The van der Waals surface area contributed by atoms with E-state index in [-0.39, 0.29) is 17.8 Å². The number of carboxylic acids is 1. The molecule has 0 aliphatic rings. The molecule has 0 aliphatic heterocycles. The van der Waals surface area contributed by atoms with Crippen molar-refractivity contribution in [1.29, 1.82) is 0 Å². The maximum absolute atomic E-state index is 12.4. The molecule has 0 radical (unpaired) electrons. The molecular formula is C12H14N4O4S. The van der Waals surface area contributed by atoms with E-state index in [0.29, 0.717) is 5.69 Å². The van der Waals surface area contributed by atoms with Crippen LogP contribution in [0.3, 0.4) is 0 Å². The lowest BCUT2D eigenvalue weighted by Gasteiger charge is -2.15. The summed E-state index contributed by atoms with van der Waals surface area (Å²) in [4.78, 5) is 15.2. The van der Waals surface area contributed by atoms with E-state index < -0.39 is 21.0 Å². The van der Waals surface area contributed by atoms with Crippen molar-refractivity contribution in [2.45, 2.75) is 18.5 Å². The highest BCUT2D eigenvalue weighted by molar-refractivity contribution is 7.89. The van der Waals surface area contributed by atoms with Crippen LogP contribution >= 0.6 is 0 Å². The summed E-state index contributed by atoms with van der Waals surface area (Å²) in [6.45, 7) is 1.47. The number of aromatic nitrogens is 3. The molecule has 112 valence electrons. The Kier molecular flexibility index (Phi) is 4.05. The SMILES string of the molecule is Cc1[nH]nc(S(=O)(=O)N(C)Cc2ccccn2)c1C(=O)O. The molecule has 2 aromatic rings. The molecule has 9 heteroatoms. The van der Waals surface area contributed by atoms with Crippen LogP contribution in [0.25, 0.3) is 0 Å². The summed E-state index contributed by atoms with van der Waals surface area (Å²) in [7, 11) is -2.67. The van der Waals surface area contributed by atoms with Crippen molar-refractivity contribution < 1.29 is 18.3 Å². The lowest BCUT2D eigenvalue weighted by molar-refractivity contribution is 0.0691. The molecule has 0 spiro atoms. The summed E-state index contributed by atoms with van der Waals surface area (Å²) >= 11 is 0. The summed E-state index contributed by atoms with van der Waals surface area (Å²) in [5.41, 5.74) is 0.392. The van der Waals surface area contributed by atoms with Gasteiger partial charge in [-0.2, -0.15) is 9.40 Å². The summed E-state index contributed by atoms with van der Waals surface area (Å²) in [5.74, 6) is -1.34. The zero-order valence-electron chi connectivity index (χ0n) is 11.4. The molecule has 0 amide bonds. The second-order valence-corrected chi connectivity index (χ2v) is 6.38. The molecular weight excluding hydrogens is 296 g/mol. The van der Waals surface area contributed by atoms with Crippen LogP contribution in [0.1, 0.15) is 21.7 Å². The van der Waals surface area contributed by atoms with Gasteiger partial charge in [0, 0.05) is 18.9 Å². The number of hydrogen-bond acceptors (Lipinski definition) is 5. The zero-order chi connectivity index (χ0) is 15.6. The quantitative estimate of drug-likeness (QED) is 0.836. The number of aryl methyl sites for hydroxylation is 1. The number of nitrogens with one attached hydrogen (secondary N) is 1. The number of carboxylic acid groups (broad SMARTS) is 1. The summed E-state index contributed by atoms with van der Waals surface area (Å²) in [5, 5.41) is 14.6. The molecule has 0 bridgehead atoms. The normalized spacial score (nSPS) is 11.8. The van der Waals surface area contributed by atoms with Gasteiger partial charge in [0.05, 0.1) is 12.2 Å². The molecule has 0 aromatic carbocycles. The third-order valence-electron chi connectivity index (χ3n) is 2.89. The van der Waals surface area contributed by atoms with Crippen LogP contribution in [0, 0.1) is 6.92 Å². The summed E-state index contributed by atoms with van der Waals surface area (Å²) in [6.07, 6.45) is 1.55. The second-order valence-electron chi connectivity index (χ2n) is 4.42. The lowest BCUT2D eigenvalue weighted by Crippen LogP contribution is -2.28. The number of nitrogens with zero attached hydrogens (tertiary/aromatic N) is 3. The van der Waals surface area contributed by atoms with E-state index in [1.807, 2.05) is 0 Å². The van der Waals surface area contributed by atoms with Crippen molar-refractivity contribution in [2.24, 2.45) is 0 Å². The van der Waals surface area contributed by atoms with Gasteiger partial charge in [0.2, 0.25) is 5.03 Å². The number of pyridine rings is 1. The predicted octanol–water partition coefficient (Wildman–Crippen LogP) is 0.632. The van der Waals surface area contributed by atoms with E-state index in [0.717, 1.165) is 4.31 Å². The molecule has 0 unspecified atom stereocenters. The smallest absolute Gasteiger partial charge is 0.340 e. The van der Waals surface area contributed by atoms with Crippen LogP contribution in [-0.2, 0) is 16.6 Å². The van der Waals surface area contributed by atoms with Crippen molar-refractivity contribution in [3.63, 3.8) is 0 Å². The van der Waals surface area contributed by atoms with E-state index in [4.69, 9.17) is 5.11 Å². The molecule has 0 saturated heterocycles. The van der Waals surface area contributed by atoms with Crippen molar-refractivity contribution in [3.05, 3.63) is 41.3 Å². The Bertz CT molecular complexity index is 755. The number of aromatic carboxylic acids is 1. The van der Waals surface area contributed by atoms with E-state index in [9.17, 15) is 13.2 Å². The lowest BCUT2D eigenvalue weighted by atomic mass is 10.3. The first-order chi connectivity index (χ1) is 9.84. The average Bonchev–Trinajstić information content (AvgIpc) is 2.82. The Balaban J connectivity index is 2.36. The number of H-pyrrole nitrogens is 1. The van der Waals surface area contributed by atoms with E-state index in [2.05, 4.69) is 15.2 Å². The fourth-order valence-corrected chi connectivity index (χ4v) is 3.05. The second kappa shape index (κ2) is 5.62. The topological polar surface area (TPSA) is 116 Å². The molecule has 0 saturated carbocycles. The number of carbonyl (C=O) groups is 1. The van der Waals surface area contributed by atoms with E-state index in [1.165, 1.54) is 14.0 Å². The molecule has 2 rings (SSSR count). The molecule has 2 heterocycles. The van der Waals surface area contributed by atoms with Gasteiger partial charge >= 0.3 is 5.97 Å². The van der Waals surface area contributed by atoms with Crippen LogP contribution in [0.5, 0.6) is 0 Å². The van der Waals surface area contributed by atoms with Gasteiger partial charge in [-0.25, -0.2) is 13.2 Å². The predicted molar refractivity (Wildman–Crippen MR) is 73.2 cm³/mol. The van der Waals surface area contributed by atoms with Crippen LogP contribution in [0.15, 0.2) is 29.4 Å². The largest absolute Gasteiger partial charge is 0.478 e. The molecule has 2 N–H and O–H groups in total. The summed E-state index contributed by atoms with van der Waals surface area (Å²) in [6, 6.07) is 5.14. The highest BCUT2D eigenvalue weighted by Gasteiger charge is 2.31. The molecule has 0 atom stereocenters. The van der Waals surface area contributed by atoms with Gasteiger partial charge in [0.1, 0.15) is 5.56 Å². The van der Waals surface area contributed by atoms with Crippen molar-refractivity contribution in [1.82, 2.24) is 19.5 Å². The molecule has 0 aliphatic carbocycles. The molecule has 0 fully saturated rings. The monoisotopic (exact) mass is 310 g/mol. The molecule has 8 nitrogen and oxygen atoms in total. The van der Waals surface area contributed by atoms with Gasteiger partial charge in [-0.1, -0.05) is 6.07 Å². The maximum atomic E-state index is 12.4. The Hall–Kier alpha value is -2.26. The van der Waals surface area contributed by atoms with Crippen molar-refractivity contribution in [2.75, 3.05) is 7.05 Å². The maximum Gasteiger partial charge on any atom is 0.340 e. The molecule has 2 aromatic heterocycles. The Morgan fingerprint density at radius 2 is 2.14 bits per heavy atom. The number of aromatic amines is 1. The first-order valence-corrected chi connectivity index (χ1v) is 7.42. The minimum absolute atomic E-state index is 0.0220. The van der Waals surface area contributed by atoms with E-state index in [1.54, 1.807) is 24.4 Å². The van der Waals surface area contributed by atoms with Gasteiger partial charge < -0.3 is 5.11 Å². The van der Waals surface area contributed by atoms with Gasteiger partial charge in [0.15, 0.2) is 0 Å². The minimum atomic E-state index is -4.02. The zero-order valence-corrected chi connectivity index (χ0v) is 12.3. The fraction of sp³-hybridized carbons (Fsp3) is 0.250. The molecule has 21 heavy (non-hydrogen) atoms. The Labute approximate surface area is 121 Å². The standard InChI is InChI=1S/C12H14N4O4S/c1-8-10(12(17)18)11(15-14-8)21(19,20)16(2)7-9-5-3-4-6-13-9/h3-6H,7H2,1-2H3,(H,14,15)(H,17,18). The summed E-state index contributed by atoms with van der Waals surface area (Å²) < 4.78 is 25.9. The highest BCUT2D eigenvalue weighted by Crippen LogP contribution is 2.20. The van der Waals surface area contributed by atoms with Gasteiger partial charge in [-0.3, -0.25) is 10.1 Å². The van der Waals surface area contributed by atoms with Crippen LogP contribution < -0.4 is 0 Å². The van der Waals surface area contributed by atoms with E-state index >= 15 is 0 Å².